The summed E-state index contributed by atoms with van der Waals surface area (Å²) in [5.41, 5.74) is 1.15. The van der Waals surface area contributed by atoms with Gasteiger partial charge in [-0.3, -0.25) is 9.69 Å². The SMILES string of the molecule is C=CCN(CC(=O)O)C(c1ccccc1)C(C)C. The molecule has 1 N–H and O–H groups in total. The lowest BCUT2D eigenvalue weighted by molar-refractivity contribution is -0.139. The third kappa shape index (κ3) is 4.00. The molecule has 0 saturated heterocycles. The van der Waals surface area contributed by atoms with Crippen LogP contribution in [0.3, 0.4) is 0 Å². The number of benzene rings is 1. The normalized spacial score (nSPS) is 12.7. The molecular weight excluding hydrogens is 226 g/mol. The Morgan fingerprint density at radius 1 is 1.39 bits per heavy atom. The van der Waals surface area contributed by atoms with Crippen molar-refractivity contribution in [2.75, 3.05) is 13.1 Å². The number of nitrogens with zero attached hydrogens (tertiary/aromatic N) is 1. The molecule has 0 bridgehead atoms. The third-order valence-electron chi connectivity index (χ3n) is 2.87. The van der Waals surface area contributed by atoms with E-state index in [4.69, 9.17) is 5.11 Å². The predicted octanol–water partition coefficient (Wildman–Crippen LogP) is 2.96. The molecule has 0 aliphatic rings. The highest BCUT2D eigenvalue weighted by Crippen LogP contribution is 2.28. The maximum absolute atomic E-state index is 11.0. The molecule has 18 heavy (non-hydrogen) atoms. The van der Waals surface area contributed by atoms with Gasteiger partial charge in [0.15, 0.2) is 0 Å². The Bertz CT molecular complexity index is 387. The summed E-state index contributed by atoms with van der Waals surface area (Å²) in [4.78, 5) is 12.9. The molecule has 0 aliphatic heterocycles. The Morgan fingerprint density at radius 3 is 2.44 bits per heavy atom. The van der Waals surface area contributed by atoms with Crippen molar-refractivity contribution >= 4 is 5.97 Å². The molecule has 0 aliphatic carbocycles. The van der Waals surface area contributed by atoms with Gasteiger partial charge in [-0.15, -0.1) is 6.58 Å². The van der Waals surface area contributed by atoms with E-state index in [0.717, 1.165) is 5.56 Å². The maximum Gasteiger partial charge on any atom is 0.317 e. The molecule has 1 atom stereocenters. The first-order valence-electron chi connectivity index (χ1n) is 6.18. The van der Waals surface area contributed by atoms with Crippen molar-refractivity contribution in [3.8, 4) is 0 Å². The monoisotopic (exact) mass is 247 g/mol. The summed E-state index contributed by atoms with van der Waals surface area (Å²) < 4.78 is 0. The first kappa shape index (κ1) is 14.5. The summed E-state index contributed by atoms with van der Waals surface area (Å²) in [5, 5.41) is 9.01. The van der Waals surface area contributed by atoms with E-state index in [-0.39, 0.29) is 12.6 Å². The molecule has 3 heteroatoms. The van der Waals surface area contributed by atoms with Crippen molar-refractivity contribution in [2.24, 2.45) is 5.92 Å². The van der Waals surface area contributed by atoms with Gasteiger partial charge < -0.3 is 5.11 Å². The van der Waals surface area contributed by atoms with Crippen LogP contribution in [0.15, 0.2) is 43.0 Å². The van der Waals surface area contributed by atoms with Crippen molar-refractivity contribution in [3.05, 3.63) is 48.6 Å². The molecule has 0 amide bonds. The second-order valence-electron chi connectivity index (χ2n) is 4.71. The van der Waals surface area contributed by atoms with Crippen molar-refractivity contribution in [3.63, 3.8) is 0 Å². The van der Waals surface area contributed by atoms with Crippen LogP contribution < -0.4 is 0 Å². The second-order valence-corrected chi connectivity index (χ2v) is 4.71. The van der Waals surface area contributed by atoms with Crippen molar-refractivity contribution in [1.29, 1.82) is 0 Å². The van der Waals surface area contributed by atoms with Gasteiger partial charge >= 0.3 is 5.97 Å². The Hall–Kier alpha value is -1.61. The van der Waals surface area contributed by atoms with Crippen LogP contribution in [0.2, 0.25) is 0 Å². The van der Waals surface area contributed by atoms with Crippen molar-refractivity contribution in [1.82, 2.24) is 4.90 Å². The molecule has 98 valence electrons. The fraction of sp³-hybridized carbons (Fsp3) is 0.400. The molecule has 3 nitrogen and oxygen atoms in total. The summed E-state index contributed by atoms with van der Waals surface area (Å²) >= 11 is 0. The number of carboxylic acid groups (broad SMARTS) is 1. The zero-order valence-electron chi connectivity index (χ0n) is 11.0. The number of carboxylic acids is 1. The van der Waals surface area contributed by atoms with E-state index < -0.39 is 5.97 Å². The number of hydrogen-bond donors (Lipinski definition) is 1. The summed E-state index contributed by atoms with van der Waals surface area (Å²) in [5.74, 6) is -0.467. The lowest BCUT2D eigenvalue weighted by Crippen LogP contribution is -2.36. The van der Waals surface area contributed by atoms with Gasteiger partial charge in [0.2, 0.25) is 0 Å². The Balaban J connectivity index is 3.00. The average molecular weight is 247 g/mol. The van der Waals surface area contributed by atoms with Gasteiger partial charge in [-0.1, -0.05) is 50.3 Å². The molecule has 1 aromatic rings. The van der Waals surface area contributed by atoms with E-state index in [0.29, 0.717) is 12.5 Å². The first-order valence-corrected chi connectivity index (χ1v) is 6.18. The zero-order valence-corrected chi connectivity index (χ0v) is 11.0. The molecule has 0 spiro atoms. The van der Waals surface area contributed by atoms with Gasteiger partial charge in [-0.05, 0) is 11.5 Å². The molecule has 0 fully saturated rings. The zero-order chi connectivity index (χ0) is 13.5. The molecule has 1 unspecified atom stereocenters. The minimum absolute atomic E-state index is 0.0315. The summed E-state index contributed by atoms with van der Waals surface area (Å²) in [6, 6.07) is 10.1. The molecule has 1 aromatic carbocycles. The highest BCUT2D eigenvalue weighted by atomic mass is 16.4. The van der Waals surface area contributed by atoms with Gasteiger partial charge in [0, 0.05) is 12.6 Å². The van der Waals surface area contributed by atoms with E-state index in [1.54, 1.807) is 6.08 Å². The number of rotatable bonds is 7. The molecular formula is C15H21NO2. The molecule has 0 aromatic heterocycles. The van der Waals surface area contributed by atoms with Gasteiger partial charge in [0.05, 0.1) is 6.54 Å². The summed E-state index contributed by atoms with van der Waals surface area (Å²) in [6.45, 7) is 8.53. The fourth-order valence-electron chi connectivity index (χ4n) is 2.28. The van der Waals surface area contributed by atoms with Crippen molar-refractivity contribution < 1.29 is 9.90 Å². The van der Waals surface area contributed by atoms with E-state index >= 15 is 0 Å². The average Bonchev–Trinajstić information content (AvgIpc) is 2.29. The highest BCUT2D eigenvalue weighted by molar-refractivity contribution is 5.69. The number of hydrogen-bond acceptors (Lipinski definition) is 2. The summed E-state index contributed by atoms with van der Waals surface area (Å²) in [7, 11) is 0. The topological polar surface area (TPSA) is 40.5 Å². The minimum Gasteiger partial charge on any atom is -0.480 e. The highest BCUT2D eigenvalue weighted by Gasteiger charge is 2.24. The molecule has 1 rings (SSSR count). The molecule has 0 saturated carbocycles. The lowest BCUT2D eigenvalue weighted by Gasteiger charge is -2.33. The Kier molecular flexibility index (Phi) is 5.59. The van der Waals surface area contributed by atoms with E-state index in [1.165, 1.54) is 0 Å². The minimum atomic E-state index is -0.807. The Labute approximate surface area is 109 Å². The van der Waals surface area contributed by atoms with Crippen LogP contribution in [-0.2, 0) is 4.79 Å². The predicted molar refractivity (Wildman–Crippen MR) is 73.4 cm³/mol. The van der Waals surface area contributed by atoms with Crippen LogP contribution >= 0.6 is 0 Å². The van der Waals surface area contributed by atoms with Crippen LogP contribution in [0.25, 0.3) is 0 Å². The van der Waals surface area contributed by atoms with Gasteiger partial charge in [0.25, 0.3) is 0 Å². The quantitative estimate of drug-likeness (QED) is 0.753. The smallest absolute Gasteiger partial charge is 0.317 e. The largest absolute Gasteiger partial charge is 0.480 e. The third-order valence-corrected chi connectivity index (χ3v) is 2.87. The van der Waals surface area contributed by atoms with Crippen molar-refractivity contribution in [2.45, 2.75) is 19.9 Å². The second kappa shape index (κ2) is 6.97. The fourth-order valence-corrected chi connectivity index (χ4v) is 2.28. The van der Waals surface area contributed by atoms with Crippen LogP contribution in [0.5, 0.6) is 0 Å². The van der Waals surface area contributed by atoms with Crippen LogP contribution in [0.1, 0.15) is 25.5 Å². The lowest BCUT2D eigenvalue weighted by atomic mass is 9.94. The summed E-state index contributed by atoms with van der Waals surface area (Å²) in [6.07, 6.45) is 1.75. The molecule has 0 heterocycles. The first-order chi connectivity index (χ1) is 8.56. The van der Waals surface area contributed by atoms with Gasteiger partial charge in [0.1, 0.15) is 0 Å². The number of aliphatic carboxylic acids is 1. The van der Waals surface area contributed by atoms with Gasteiger partial charge in [-0.2, -0.15) is 0 Å². The van der Waals surface area contributed by atoms with Crippen LogP contribution in [-0.4, -0.2) is 29.1 Å². The number of carbonyl (C=O) groups is 1. The van der Waals surface area contributed by atoms with E-state index in [9.17, 15) is 4.79 Å². The molecule has 0 radical (unpaired) electrons. The van der Waals surface area contributed by atoms with Crippen LogP contribution in [0, 0.1) is 5.92 Å². The van der Waals surface area contributed by atoms with Gasteiger partial charge in [-0.25, -0.2) is 0 Å². The maximum atomic E-state index is 11.0. The van der Waals surface area contributed by atoms with E-state index in [1.807, 2.05) is 35.2 Å². The van der Waals surface area contributed by atoms with Crippen LogP contribution in [0.4, 0.5) is 0 Å². The van der Waals surface area contributed by atoms with E-state index in [2.05, 4.69) is 20.4 Å². The Morgan fingerprint density at radius 2 is 2.00 bits per heavy atom. The standard InChI is InChI=1S/C15H21NO2/c1-4-10-16(11-14(17)18)15(12(2)3)13-8-6-5-7-9-13/h4-9,12,15H,1,10-11H2,2-3H3,(H,17,18).